The van der Waals surface area contributed by atoms with Gasteiger partial charge in [-0.1, -0.05) is 6.92 Å². The molecule has 2 aromatic heterocycles. The Morgan fingerprint density at radius 1 is 1.25 bits per heavy atom. The lowest BCUT2D eigenvalue weighted by atomic mass is 9.99. The van der Waals surface area contributed by atoms with Crippen LogP contribution in [0, 0.1) is 5.92 Å². The third-order valence-corrected chi connectivity index (χ3v) is 5.73. The van der Waals surface area contributed by atoms with Crippen LogP contribution in [0.4, 0.5) is 5.82 Å². The van der Waals surface area contributed by atoms with Crippen LogP contribution in [0.3, 0.4) is 0 Å². The number of pyridine rings is 1. The number of rotatable bonds is 4. The first-order chi connectivity index (χ1) is 13.7. The molecular formula is C20H28N6O2. The van der Waals surface area contributed by atoms with E-state index in [4.69, 9.17) is 4.74 Å². The minimum atomic E-state index is -0.130. The first-order valence-electron chi connectivity index (χ1n) is 10.1. The van der Waals surface area contributed by atoms with Crippen molar-refractivity contribution < 1.29 is 9.53 Å². The number of carbonyl (C=O) groups excluding carboxylic acids is 1. The van der Waals surface area contributed by atoms with Crippen LogP contribution in [0.15, 0.2) is 24.7 Å². The predicted octanol–water partition coefficient (Wildman–Crippen LogP) is 2.14. The number of aromatic nitrogens is 4. The van der Waals surface area contributed by atoms with Crippen LogP contribution >= 0.6 is 0 Å². The van der Waals surface area contributed by atoms with Crippen molar-refractivity contribution in [2.45, 2.75) is 39.3 Å². The van der Waals surface area contributed by atoms with Gasteiger partial charge in [-0.3, -0.25) is 4.79 Å². The van der Waals surface area contributed by atoms with Gasteiger partial charge in [0.25, 0.3) is 5.91 Å². The Hall–Kier alpha value is -2.48. The topological polar surface area (TPSA) is 76.4 Å². The molecule has 0 aliphatic carbocycles. The van der Waals surface area contributed by atoms with Crippen molar-refractivity contribution in [1.29, 1.82) is 0 Å². The lowest BCUT2D eigenvalue weighted by molar-refractivity contribution is 0.0313. The molecule has 4 rings (SSSR count). The zero-order chi connectivity index (χ0) is 19.5. The average Bonchev–Trinajstić information content (AvgIpc) is 3.23. The molecule has 0 radical (unpaired) electrons. The van der Waals surface area contributed by atoms with Gasteiger partial charge >= 0.3 is 0 Å². The van der Waals surface area contributed by atoms with Crippen LogP contribution in [-0.2, 0) is 11.3 Å². The lowest BCUT2D eigenvalue weighted by Gasteiger charge is -2.33. The van der Waals surface area contributed by atoms with Gasteiger partial charge in [0.2, 0.25) is 0 Å². The maximum Gasteiger partial charge on any atom is 0.255 e. The molecule has 0 spiro atoms. The maximum atomic E-state index is 12.7. The number of ether oxygens (including phenoxy) is 1. The molecular weight excluding hydrogens is 356 g/mol. The molecule has 2 fully saturated rings. The Morgan fingerprint density at radius 2 is 2.07 bits per heavy atom. The monoisotopic (exact) mass is 384 g/mol. The zero-order valence-electron chi connectivity index (χ0n) is 16.6. The Kier molecular flexibility index (Phi) is 5.57. The van der Waals surface area contributed by atoms with Gasteiger partial charge in [0.15, 0.2) is 5.82 Å². The number of amides is 1. The summed E-state index contributed by atoms with van der Waals surface area (Å²) in [4.78, 5) is 21.4. The molecule has 1 amide bonds. The number of hydrogen-bond acceptors (Lipinski definition) is 6. The molecule has 0 aromatic carbocycles. The van der Waals surface area contributed by atoms with Gasteiger partial charge in [0.05, 0.1) is 18.7 Å². The van der Waals surface area contributed by atoms with Gasteiger partial charge < -0.3 is 19.1 Å². The van der Waals surface area contributed by atoms with Crippen molar-refractivity contribution in [2.75, 3.05) is 37.7 Å². The number of nitrogens with zero attached hydrogens (tertiary/aromatic N) is 6. The highest BCUT2D eigenvalue weighted by Gasteiger charge is 2.27. The van der Waals surface area contributed by atoms with Crippen molar-refractivity contribution >= 4 is 11.7 Å². The molecule has 0 saturated carbocycles. The van der Waals surface area contributed by atoms with Crippen LogP contribution < -0.4 is 4.90 Å². The number of aryl methyl sites for hydroxylation is 1. The summed E-state index contributed by atoms with van der Waals surface area (Å²) < 4.78 is 7.92. The lowest BCUT2D eigenvalue weighted by Crippen LogP contribution is -2.40. The van der Waals surface area contributed by atoms with E-state index < -0.39 is 0 Å². The highest BCUT2D eigenvalue weighted by atomic mass is 16.5. The van der Waals surface area contributed by atoms with E-state index in [9.17, 15) is 4.79 Å². The van der Waals surface area contributed by atoms with Crippen molar-refractivity contribution in [1.82, 2.24) is 24.6 Å². The number of likely N-dealkylation sites (tertiary alicyclic amines) is 1. The highest BCUT2D eigenvalue weighted by molar-refractivity contribution is 5.94. The number of morpholine rings is 1. The molecule has 150 valence electrons. The van der Waals surface area contributed by atoms with Crippen LogP contribution in [0.2, 0.25) is 0 Å². The Labute approximate surface area is 165 Å². The molecule has 4 heterocycles. The SMILES string of the molecule is CCn1cnnc1C1CN(c2ccc(C(=O)N3CCC(C)CC3)cn2)CCO1. The van der Waals surface area contributed by atoms with Gasteiger partial charge in [0, 0.05) is 32.4 Å². The van der Waals surface area contributed by atoms with Gasteiger partial charge in [-0.05, 0) is 37.8 Å². The van der Waals surface area contributed by atoms with E-state index in [0.717, 1.165) is 50.7 Å². The second kappa shape index (κ2) is 8.26. The van der Waals surface area contributed by atoms with E-state index in [1.165, 1.54) is 0 Å². The largest absolute Gasteiger partial charge is 0.366 e. The molecule has 8 heteroatoms. The van der Waals surface area contributed by atoms with Crippen LogP contribution in [0.1, 0.15) is 49.0 Å². The fourth-order valence-corrected chi connectivity index (χ4v) is 3.86. The first kappa shape index (κ1) is 18.9. The second-order valence-corrected chi connectivity index (χ2v) is 7.66. The summed E-state index contributed by atoms with van der Waals surface area (Å²) in [5.74, 6) is 2.50. The van der Waals surface area contributed by atoms with Crippen molar-refractivity contribution in [3.8, 4) is 0 Å². The first-order valence-corrected chi connectivity index (χ1v) is 10.1. The predicted molar refractivity (Wildman–Crippen MR) is 105 cm³/mol. The minimum Gasteiger partial charge on any atom is -0.366 e. The van der Waals surface area contributed by atoms with Crippen LogP contribution in [0.25, 0.3) is 0 Å². The maximum absolute atomic E-state index is 12.7. The summed E-state index contributed by atoms with van der Waals surface area (Å²) in [5.41, 5.74) is 0.661. The molecule has 0 bridgehead atoms. The molecule has 28 heavy (non-hydrogen) atoms. The molecule has 0 N–H and O–H groups in total. The van der Waals surface area contributed by atoms with Crippen LogP contribution in [-0.4, -0.2) is 63.3 Å². The smallest absolute Gasteiger partial charge is 0.255 e. The number of hydrogen-bond donors (Lipinski definition) is 0. The Morgan fingerprint density at radius 3 is 2.79 bits per heavy atom. The number of carbonyl (C=O) groups is 1. The standard InChI is InChI=1S/C20H28N6O2/c1-3-24-14-22-23-19(24)17-13-26(10-11-28-17)18-5-4-16(12-21-18)20(27)25-8-6-15(2)7-9-25/h4-5,12,14-15,17H,3,6-11,13H2,1-2H3. The van der Waals surface area contributed by atoms with E-state index >= 15 is 0 Å². The molecule has 1 atom stereocenters. The van der Waals surface area contributed by atoms with E-state index in [-0.39, 0.29) is 12.0 Å². The molecule has 8 nitrogen and oxygen atoms in total. The van der Waals surface area contributed by atoms with E-state index in [0.29, 0.717) is 24.6 Å². The number of piperidine rings is 1. The molecule has 2 aromatic rings. The van der Waals surface area contributed by atoms with Crippen molar-refractivity contribution in [2.24, 2.45) is 5.92 Å². The van der Waals surface area contributed by atoms with Crippen molar-refractivity contribution in [3.05, 3.63) is 36.0 Å². The fraction of sp³-hybridized carbons (Fsp3) is 0.600. The molecule has 2 aliphatic rings. The average molecular weight is 384 g/mol. The summed E-state index contributed by atoms with van der Waals surface area (Å²) in [6, 6.07) is 3.83. The Bertz CT molecular complexity index is 797. The van der Waals surface area contributed by atoms with Gasteiger partial charge in [0.1, 0.15) is 18.2 Å². The number of anilines is 1. The van der Waals surface area contributed by atoms with E-state index in [2.05, 4.69) is 33.9 Å². The minimum absolute atomic E-state index is 0.0850. The van der Waals surface area contributed by atoms with E-state index in [1.54, 1.807) is 12.5 Å². The van der Waals surface area contributed by atoms with Crippen molar-refractivity contribution in [3.63, 3.8) is 0 Å². The summed E-state index contributed by atoms with van der Waals surface area (Å²) in [7, 11) is 0. The Balaban J connectivity index is 1.42. The van der Waals surface area contributed by atoms with Gasteiger partial charge in [-0.15, -0.1) is 10.2 Å². The molecule has 1 unspecified atom stereocenters. The fourth-order valence-electron chi connectivity index (χ4n) is 3.86. The van der Waals surface area contributed by atoms with Gasteiger partial charge in [-0.2, -0.15) is 0 Å². The highest BCUT2D eigenvalue weighted by Crippen LogP contribution is 2.24. The quantitative estimate of drug-likeness (QED) is 0.804. The summed E-state index contributed by atoms with van der Waals surface area (Å²) >= 11 is 0. The van der Waals surface area contributed by atoms with Gasteiger partial charge in [-0.25, -0.2) is 4.98 Å². The summed E-state index contributed by atoms with van der Waals surface area (Å²) in [5, 5.41) is 8.23. The summed E-state index contributed by atoms with van der Waals surface area (Å²) in [6.07, 6.45) is 5.46. The van der Waals surface area contributed by atoms with Crippen LogP contribution in [0.5, 0.6) is 0 Å². The summed E-state index contributed by atoms with van der Waals surface area (Å²) in [6.45, 7) is 8.84. The normalized spacial score (nSPS) is 21.1. The third-order valence-electron chi connectivity index (χ3n) is 5.73. The third kappa shape index (κ3) is 3.87. The second-order valence-electron chi connectivity index (χ2n) is 7.66. The molecule has 2 saturated heterocycles. The molecule has 2 aliphatic heterocycles. The zero-order valence-corrected chi connectivity index (χ0v) is 16.6. The van der Waals surface area contributed by atoms with E-state index in [1.807, 2.05) is 21.6 Å².